The molecule has 2 N–H and O–H groups in total. The molecule has 0 aliphatic heterocycles. The summed E-state index contributed by atoms with van der Waals surface area (Å²) in [6, 6.07) is 0.393. The van der Waals surface area contributed by atoms with E-state index in [4.69, 9.17) is 4.74 Å². The Balaban J connectivity index is 1.99. The Morgan fingerprint density at radius 2 is 2.05 bits per heavy atom. The van der Waals surface area contributed by atoms with Crippen LogP contribution in [0.3, 0.4) is 0 Å². The van der Waals surface area contributed by atoms with Gasteiger partial charge in [-0.2, -0.15) is 0 Å². The summed E-state index contributed by atoms with van der Waals surface area (Å²) in [5.41, 5.74) is 3.24. The molecule has 2 rings (SSSR count). The number of carbonyl (C=O) groups excluding carboxylic acids is 2. The van der Waals surface area contributed by atoms with E-state index in [-0.39, 0.29) is 11.9 Å². The van der Waals surface area contributed by atoms with Crippen molar-refractivity contribution in [1.82, 2.24) is 10.3 Å². The van der Waals surface area contributed by atoms with Crippen LogP contribution in [0, 0.1) is 13.8 Å². The predicted molar refractivity (Wildman–Crippen MR) is 75.7 cm³/mol. The smallest absolute Gasteiger partial charge is 0.340 e. The maximum Gasteiger partial charge on any atom is 0.340 e. The van der Waals surface area contributed by atoms with Crippen molar-refractivity contribution in [3.05, 3.63) is 22.5 Å². The average Bonchev–Trinajstić information content (AvgIpc) is 3.13. The van der Waals surface area contributed by atoms with Crippen LogP contribution < -0.4 is 5.32 Å². The second-order valence-electron chi connectivity index (χ2n) is 5.29. The number of hydrogen-bond donors (Lipinski definition) is 2. The van der Waals surface area contributed by atoms with E-state index in [2.05, 4.69) is 10.3 Å². The van der Waals surface area contributed by atoms with Gasteiger partial charge < -0.3 is 15.0 Å². The highest BCUT2D eigenvalue weighted by atomic mass is 16.5. The maximum absolute atomic E-state index is 11.9. The van der Waals surface area contributed by atoms with Crippen molar-refractivity contribution in [2.75, 3.05) is 6.61 Å². The number of H-pyrrole nitrogens is 1. The van der Waals surface area contributed by atoms with Crippen LogP contribution in [0.1, 0.15) is 53.5 Å². The lowest BCUT2D eigenvalue weighted by atomic mass is 10.1. The van der Waals surface area contributed by atoms with E-state index in [9.17, 15) is 9.59 Å². The Hall–Kier alpha value is -1.78. The van der Waals surface area contributed by atoms with Crippen LogP contribution in [0.25, 0.3) is 0 Å². The number of rotatable bonds is 6. The summed E-state index contributed by atoms with van der Waals surface area (Å²) in [7, 11) is 0. The summed E-state index contributed by atoms with van der Waals surface area (Å²) in [5, 5.41) is 2.96. The zero-order valence-electron chi connectivity index (χ0n) is 12.3. The number of amides is 1. The van der Waals surface area contributed by atoms with E-state index in [1.807, 2.05) is 13.8 Å². The minimum Gasteiger partial charge on any atom is -0.462 e. The highest BCUT2D eigenvalue weighted by molar-refractivity contribution is 5.92. The SMILES string of the molecule is CCOC(=O)c1c(C)[nH]c(CCC(=O)NC2CC2)c1C. The van der Waals surface area contributed by atoms with E-state index in [0.717, 1.165) is 29.8 Å². The van der Waals surface area contributed by atoms with Gasteiger partial charge in [-0.25, -0.2) is 4.79 Å². The number of hydrogen-bond acceptors (Lipinski definition) is 3. The molecule has 0 bridgehead atoms. The summed E-state index contributed by atoms with van der Waals surface area (Å²) in [6.45, 7) is 5.90. The average molecular weight is 278 g/mol. The lowest BCUT2D eigenvalue weighted by Crippen LogP contribution is -2.25. The number of aromatic nitrogens is 1. The molecule has 1 heterocycles. The van der Waals surface area contributed by atoms with Gasteiger partial charge in [0.2, 0.25) is 5.91 Å². The molecule has 1 aromatic heterocycles. The first-order valence-electron chi connectivity index (χ1n) is 7.17. The second kappa shape index (κ2) is 6.11. The first kappa shape index (κ1) is 14.6. The monoisotopic (exact) mass is 278 g/mol. The normalized spacial score (nSPS) is 14.2. The van der Waals surface area contributed by atoms with Gasteiger partial charge in [0.25, 0.3) is 0 Å². The number of nitrogens with one attached hydrogen (secondary N) is 2. The Morgan fingerprint density at radius 3 is 2.65 bits per heavy atom. The number of carbonyl (C=O) groups is 2. The minimum atomic E-state index is -0.299. The molecule has 0 radical (unpaired) electrons. The Bertz CT molecular complexity index is 515. The Morgan fingerprint density at radius 1 is 1.35 bits per heavy atom. The zero-order chi connectivity index (χ0) is 14.7. The number of aromatic amines is 1. The first-order chi connectivity index (χ1) is 9.52. The van der Waals surface area contributed by atoms with Gasteiger partial charge in [0.1, 0.15) is 0 Å². The minimum absolute atomic E-state index is 0.0804. The Labute approximate surface area is 119 Å². The highest BCUT2D eigenvalue weighted by Gasteiger charge is 2.24. The largest absolute Gasteiger partial charge is 0.462 e. The van der Waals surface area contributed by atoms with Crippen LogP contribution in [0.4, 0.5) is 0 Å². The fraction of sp³-hybridized carbons (Fsp3) is 0.600. The molecular formula is C15H22N2O3. The molecule has 0 unspecified atom stereocenters. The molecule has 5 heteroatoms. The number of aryl methyl sites for hydroxylation is 2. The van der Waals surface area contributed by atoms with Gasteiger partial charge in [-0.3, -0.25) is 4.79 Å². The van der Waals surface area contributed by atoms with Crippen LogP contribution in [0.5, 0.6) is 0 Å². The van der Waals surface area contributed by atoms with Crippen molar-refractivity contribution < 1.29 is 14.3 Å². The van der Waals surface area contributed by atoms with Crippen LogP contribution in [0.2, 0.25) is 0 Å². The van der Waals surface area contributed by atoms with Crippen molar-refractivity contribution in [3.63, 3.8) is 0 Å². The maximum atomic E-state index is 11.9. The topological polar surface area (TPSA) is 71.2 Å². The molecule has 1 fully saturated rings. The van der Waals surface area contributed by atoms with Gasteiger partial charge in [0.15, 0.2) is 0 Å². The molecule has 1 amide bonds. The molecule has 5 nitrogen and oxygen atoms in total. The molecule has 1 saturated carbocycles. The molecule has 0 atom stereocenters. The summed E-state index contributed by atoms with van der Waals surface area (Å²) >= 11 is 0. The molecular weight excluding hydrogens is 256 g/mol. The summed E-state index contributed by atoms with van der Waals surface area (Å²) < 4.78 is 5.05. The highest BCUT2D eigenvalue weighted by Crippen LogP contribution is 2.21. The van der Waals surface area contributed by atoms with E-state index in [1.54, 1.807) is 6.92 Å². The van der Waals surface area contributed by atoms with Crippen molar-refractivity contribution in [2.45, 2.75) is 52.5 Å². The number of ether oxygens (including phenoxy) is 1. The third-order valence-electron chi connectivity index (χ3n) is 3.57. The predicted octanol–water partition coefficient (Wildman–Crippen LogP) is 2.02. The van der Waals surface area contributed by atoms with Crippen molar-refractivity contribution in [3.8, 4) is 0 Å². The van der Waals surface area contributed by atoms with Crippen LogP contribution in [-0.4, -0.2) is 29.5 Å². The quantitative estimate of drug-likeness (QED) is 0.782. The summed E-state index contributed by atoms with van der Waals surface area (Å²) in [5.74, 6) is -0.218. The van der Waals surface area contributed by atoms with E-state index < -0.39 is 0 Å². The third kappa shape index (κ3) is 3.40. The Kier molecular flexibility index (Phi) is 4.47. The molecule has 0 saturated heterocycles. The molecule has 1 aliphatic rings. The van der Waals surface area contributed by atoms with Crippen molar-refractivity contribution in [2.24, 2.45) is 0 Å². The fourth-order valence-electron chi connectivity index (χ4n) is 2.34. The molecule has 0 aromatic carbocycles. The molecule has 1 aromatic rings. The summed E-state index contributed by atoms with van der Waals surface area (Å²) in [6.07, 6.45) is 3.25. The molecule has 20 heavy (non-hydrogen) atoms. The summed E-state index contributed by atoms with van der Waals surface area (Å²) in [4.78, 5) is 26.8. The van der Waals surface area contributed by atoms with E-state index in [1.165, 1.54) is 0 Å². The standard InChI is InChI=1S/C15H22N2O3/c1-4-20-15(19)14-9(2)12(16-10(14)3)7-8-13(18)17-11-5-6-11/h11,16H,4-8H2,1-3H3,(H,17,18). The molecule has 110 valence electrons. The van der Waals surface area contributed by atoms with Gasteiger partial charge >= 0.3 is 5.97 Å². The lowest BCUT2D eigenvalue weighted by Gasteiger charge is -2.04. The van der Waals surface area contributed by atoms with Gasteiger partial charge in [-0.05, 0) is 45.6 Å². The fourth-order valence-corrected chi connectivity index (χ4v) is 2.34. The van der Waals surface area contributed by atoms with E-state index in [0.29, 0.717) is 31.1 Å². The van der Waals surface area contributed by atoms with Gasteiger partial charge in [0.05, 0.1) is 12.2 Å². The molecule has 0 spiro atoms. The van der Waals surface area contributed by atoms with Crippen molar-refractivity contribution >= 4 is 11.9 Å². The van der Waals surface area contributed by atoms with E-state index >= 15 is 0 Å². The lowest BCUT2D eigenvalue weighted by molar-refractivity contribution is -0.121. The van der Waals surface area contributed by atoms with Gasteiger partial charge in [-0.1, -0.05) is 0 Å². The number of esters is 1. The van der Waals surface area contributed by atoms with Crippen LogP contribution >= 0.6 is 0 Å². The molecule has 1 aliphatic carbocycles. The van der Waals surface area contributed by atoms with Crippen LogP contribution in [0.15, 0.2) is 0 Å². The van der Waals surface area contributed by atoms with Gasteiger partial charge in [-0.15, -0.1) is 0 Å². The van der Waals surface area contributed by atoms with Crippen LogP contribution in [-0.2, 0) is 16.0 Å². The zero-order valence-corrected chi connectivity index (χ0v) is 12.3. The van der Waals surface area contributed by atoms with Gasteiger partial charge in [0, 0.05) is 23.9 Å². The third-order valence-corrected chi connectivity index (χ3v) is 3.57. The first-order valence-corrected chi connectivity index (χ1v) is 7.17. The second-order valence-corrected chi connectivity index (χ2v) is 5.29. The van der Waals surface area contributed by atoms with Crippen molar-refractivity contribution in [1.29, 1.82) is 0 Å².